The molecular formula is C14H13N3O3. The second kappa shape index (κ2) is 4.82. The fourth-order valence-electron chi connectivity index (χ4n) is 2.28. The number of fused-ring (bicyclic) bond motifs is 1. The maximum absolute atomic E-state index is 11.4. The normalized spacial score (nSPS) is 12.7. The summed E-state index contributed by atoms with van der Waals surface area (Å²) in [5, 5.41) is 3.19. The molecule has 0 saturated heterocycles. The average molecular weight is 271 g/mol. The first-order valence-corrected chi connectivity index (χ1v) is 6.14. The summed E-state index contributed by atoms with van der Waals surface area (Å²) in [5.74, 6) is 0. The van der Waals surface area contributed by atoms with E-state index in [0.29, 0.717) is 11.0 Å². The third-order valence-electron chi connectivity index (χ3n) is 3.24. The van der Waals surface area contributed by atoms with Gasteiger partial charge in [-0.1, -0.05) is 6.07 Å². The number of furan rings is 1. The lowest BCUT2D eigenvalue weighted by atomic mass is 10.0. The van der Waals surface area contributed by atoms with Gasteiger partial charge in [-0.3, -0.25) is 9.59 Å². The van der Waals surface area contributed by atoms with Crippen LogP contribution >= 0.6 is 0 Å². The number of H-pyrrole nitrogens is 2. The van der Waals surface area contributed by atoms with Gasteiger partial charge < -0.3 is 19.7 Å². The number of hydrogen-bond donors (Lipinski definition) is 3. The van der Waals surface area contributed by atoms with Crippen molar-refractivity contribution < 1.29 is 4.42 Å². The zero-order valence-electron chi connectivity index (χ0n) is 10.8. The van der Waals surface area contributed by atoms with Crippen molar-refractivity contribution in [3.05, 3.63) is 68.6 Å². The molecule has 1 atom stereocenters. The van der Waals surface area contributed by atoms with Gasteiger partial charge >= 0.3 is 11.1 Å². The molecule has 0 aliphatic rings. The number of rotatable bonds is 3. The second-order valence-electron chi connectivity index (χ2n) is 4.49. The Morgan fingerprint density at radius 2 is 1.80 bits per heavy atom. The Bertz CT molecular complexity index is 846. The zero-order valence-corrected chi connectivity index (χ0v) is 10.8. The maximum Gasteiger partial charge on any atom is 0.314 e. The molecule has 6 nitrogen and oxygen atoms in total. The van der Waals surface area contributed by atoms with Crippen LogP contribution in [-0.4, -0.2) is 17.0 Å². The largest absolute Gasteiger partial charge is 0.472 e. The molecule has 3 aromatic rings. The van der Waals surface area contributed by atoms with Crippen molar-refractivity contribution >= 4 is 11.0 Å². The molecule has 3 rings (SSSR count). The molecule has 0 amide bonds. The highest BCUT2D eigenvalue weighted by Gasteiger charge is 2.13. The Balaban J connectivity index is 2.15. The van der Waals surface area contributed by atoms with Gasteiger partial charge in [0.05, 0.1) is 29.6 Å². The van der Waals surface area contributed by atoms with Gasteiger partial charge in [0, 0.05) is 5.56 Å². The first-order valence-electron chi connectivity index (χ1n) is 6.14. The standard InChI is InChI=1S/C14H13N3O3/c1-15-12(9-4-5-20-7-9)8-2-3-10-11(6-8)17-14(19)13(18)16-10/h2-7,12,15H,1H3,(H,16,18)(H,17,19). The summed E-state index contributed by atoms with van der Waals surface area (Å²) < 4.78 is 5.10. The Labute approximate surface area is 113 Å². The van der Waals surface area contributed by atoms with Gasteiger partial charge in [0.25, 0.3) is 0 Å². The quantitative estimate of drug-likeness (QED) is 0.622. The summed E-state index contributed by atoms with van der Waals surface area (Å²) in [6.07, 6.45) is 3.28. The van der Waals surface area contributed by atoms with Crippen LogP contribution in [-0.2, 0) is 0 Å². The summed E-state index contributed by atoms with van der Waals surface area (Å²) in [7, 11) is 1.84. The van der Waals surface area contributed by atoms with Crippen molar-refractivity contribution in [3.63, 3.8) is 0 Å². The monoisotopic (exact) mass is 271 g/mol. The van der Waals surface area contributed by atoms with E-state index in [0.717, 1.165) is 11.1 Å². The predicted molar refractivity (Wildman–Crippen MR) is 74.8 cm³/mol. The molecular weight excluding hydrogens is 258 g/mol. The van der Waals surface area contributed by atoms with Gasteiger partial charge in [0.15, 0.2) is 0 Å². The highest BCUT2D eigenvalue weighted by molar-refractivity contribution is 5.74. The molecule has 0 radical (unpaired) electrons. The fraction of sp³-hybridized carbons (Fsp3) is 0.143. The average Bonchev–Trinajstić information content (AvgIpc) is 2.95. The van der Waals surface area contributed by atoms with Gasteiger partial charge in [-0.2, -0.15) is 0 Å². The van der Waals surface area contributed by atoms with Crippen molar-refractivity contribution in [1.29, 1.82) is 0 Å². The third-order valence-corrected chi connectivity index (χ3v) is 3.24. The van der Waals surface area contributed by atoms with Gasteiger partial charge in [-0.25, -0.2) is 0 Å². The third kappa shape index (κ3) is 2.06. The molecule has 0 saturated carbocycles. The summed E-state index contributed by atoms with van der Waals surface area (Å²) in [5.41, 5.74) is 1.84. The molecule has 1 unspecified atom stereocenters. The number of nitrogens with one attached hydrogen (secondary N) is 3. The van der Waals surface area contributed by atoms with Gasteiger partial charge in [0.2, 0.25) is 0 Å². The molecule has 2 heterocycles. The first kappa shape index (κ1) is 12.4. The molecule has 0 fully saturated rings. The van der Waals surface area contributed by atoms with Gasteiger partial charge in [0.1, 0.15) is 0 Å². The maximum atomic E-state index is 11.4. The van der Waals surface area contributed by atoms with Gasteiger partial charge in [-0.05, 0) is 30.8 Å². The summed E-state index contributed by atoms with van der Waals surface area (Å²) >= 11 is 0. The smallest absolute Gasteiger partial charge is 0.314 e. The highest BCUT2D eigenvalue weighted by Crippen LogP contribution is 2.23. The van der Waals surface area contributed by atoms with E-state index in [9.17, 15) is 9.59 Å². The van der Waals surface area contributed by atoms with Crippen LogP contribution in [0.15, 0.2) is 50.8 Å². The summed E-state index contributed by atoms with van der Waals surface area (Å²) in [6.45, 7) is 0. The van der Waals surface area contributed by atoms with E-state index in [-0.39, 0.29) is 6.04 Å². The van der Waals surface area contributed by atoms with Crippen LogP contribution in [0.25, 0.3) is 11.0 Å². The van der Waals surface area contributed by atoms with Crippen LogP contribution < -0.4 is 16.4 Å². The number of benzene rings is 1. The minimum atomic E-state index is -0.654. The molecule has 0 aliphatic carbocycles. The molecule has 0 bridgehead atoms. The minimum absolute atomic E-state index is 0.0476. The zero-order chi connectivity index (χ0) is 14.1. The fourth-order valence-corrected chi connectivity index (χ4v) is 2.28. The highest BCUT2D eigenvalue weighted by atomic mass is 16.3. The summed E-state index contributed by atoms with van der Waals surface area (Å²) in [6, 6.07) is 7.33. The van der Waals surface area contributed by atoms with Crippen LogP contribution in [0.4, 0.5) is 0 Å². The number of aromatic nitrogens is 2. The van der Waals surface area contributed by atoms with Crippen LogP contribution in [0.2, 0.25) is 0 Å². The molecule has 3 N–H and O–H groups in total. The lowest BCUT2D eigenvalue weighted by molar-refractivity contribution is 0.557. The summed E-state index contributed by atoms with van der Waals surface area (Å²) in [4.78, 5) is 27.8. The predicted octanol–water partition coefficient (Wildman–Crippen LogP) is 1.12. The topological polar surface area (TPSA) is 90.9 Å². The SMILES string of the molecule is CNC(c1ccoc1)c1ccc2[nH]c(=O)c(=O)[nH]c2c1. The van der Waals surface area contributed by atoms with E-state index in [1.54, 1.807) is 18.6 Å². The molecule has 0 spiro atoms. The van der Waals surface area contributed by atoms with E-state index in [1.165, 1.54) is 0 Å². The molecule has 1 aromatic carbocycles. The molecule has 102 valence electrons. The van der Waals surface area contributed by atoms with Crippen LogP contribution in [0.3, 0.4) is 0 Å². The van der Waals surface area contributed by atoms with Gasteiger partial charge in [-0.15, -0.1) is 0 Å². The van der Waals surface area contributed by atoms with Crippen molar-refractivity contribution in [3.8, 4) is 0 Å². The molecule has 6 heteroatoms. The Hall–Kier alpha value is -2.60. The molecule has 0 aliphatic heterocycles. The lowest BCUT2D eigenvalue weighted by Gasteiger charge is -2.15. The van der Waals surface area contributed by atoms with Crippen molar-refractivity contribution in [2.24, 2.45) is 0 Å². The van der Waals surface area contributed by atoms with Crippen molar-refractivity contribution in [1.82, 2.24) is 15.3 Å². The second-order valence-corrected chi connectivity index (χ2v) is 4.49. The van der Waals surface area contributed by atoms with Crippen LogP contribution in [0.1, 0.15) is 17.2 Å². The first-order chi connectivity index (χ1) is 9.69. The number of hydrogen-bond acceptors (Lipinski definition) is 4. The Morgan fingerprint density at radius 3 is 2.45 bits per heavy atom. The lowest BCUT2D eigenvalue weighted by Crippen LogP contribution is -2.29. The van der Waals surface area contributed by atoms with Crippen molar-refractivity contribution in [2.45, 2.75) is 6.04 Å². The Kier molecular flexibility index (Phi) is 3.00. The Morgan fingerprint density at radius 1 is 1.05 bits per heavy atom. The van der Waals surface area contributed by atoms with Crippen LogP contribution in [0.5, 0.6) is 0 Å². The molecule has 2 aromatic heterocycles. The van der Waals surface area contributed by atoms with E-state index in [2.05, 4.69) is 15.3 Å². The minimum Gasteiger partial charge on any atom is -0.472 e. The van der Waals surface area contributed by atoms with E-state index < -0.39 is 11.1 Å². The van der Waals surface area contributed by atoms with E-state index in [4.69, 9.17) is 4.42 Å². The number of aromatic amines is 2. The van der Waals surface area contributed by atoms with E-state index >= 15 is 0 Å². The molecule has 20 heavy (non-hydrogen) atoms. The van der Waals surface area contributed by atoms with Crippen LogP contribution in [0, 0.1) is 0 Å². The van der Waals surface area contributed by atoms with E-state index in [1.807, 2.05) is 25.2 Å². The van der Waals surface area contributed by atoms with Crippen molar-refractivity contribution in [2.75, 3.05) is 7.05 Å².